The molecule has 0 aliphatic carbocycles. The summed E-state index contributed by atoms with van der Waals surface area (Å²) in [6.07, 6.45) is 4.56. The zero-order valence-corrected chi connectivity index (χ0v) is 11.5. The Morgan fingerprint density at radius 3 is 1.33 bits per heavy atom. The van der Waals surface area contributed by atoms with Gasteiger partial charge in [0.25, 0.3) is 0 Å². The summed E-state index contributed by atoms with van der Waals surface area (Å²) in [4.78, 5) is 0. The molecule has 0 spiro atoms. The van der Waals surface area contributed by atoms with Crippen molar-refractivity contribution in [2.45, 2.75) is 63.7 Å². The molecule has 0 saturated heterocycles. The van der Waals surface area contributed by atoms with Crippen molar-refractivity contribution in [1.82, 2.24) is 0 Å². The van der Waals surface area contributed by atoms with Crippen LogP contribution in [0, 0.1) is 11.8 Å². The van der Waals surface area contributed by atoms with E-state index in [0.29, 0.717) is 0 Å². The summed E-state index contributed by atoms with van der Waals surface area (Å²) in [5.41, 5.74) is 0. The molecule has 15 heavy (non-hydrogen) atoms. The Morgan fingerprint density at radius 1 is 0.733 bits per heavy atom. The molecule has 0 rings (SSSR count). The molecule has 0 saturated carbocycles. The van der Waals surface area contributed by atoms with E-state index in [-0.39, 0.29) is 10.3 Å². The molecule has 0 aromatic carbocycles. The third-order valence-corrected chi connectivity index (χ3v) is 3.58. The van der Waals surface area contributed by atoms with E-state index in [4.69, 9.17) is 15.7 Å². The van der Waals surface area contributed by atoms with E-state index in [9.17, 15) is 0 Å². The van der Waals surface area contributed by atoms with Gasteiger partial charge in [-0.1, -0.05) is 40.5 Å². The molecule has 0 N–H and O–H groups in total. The topological polar surface area (TPSA) is 0 Å². The standard InChI is InChI=1S/C12H24B2S/c1-9(2)5-7-11(13)15-12(14)8-6-10(3)4/h9-12H,5-8H2,1-4H3. The molecule has 0 nitrogen and oxygen atoms in total. The lowest BCUT2D eigenvalue weighted by Gasteiger charge is -2.19. The van der Waals surface area contributed by atoms with Crippen LogP contribution in [0.25, 0.3) is 0 Å². The molecule has 0 bridgehead atoms. The van der Waals surface area contributed by atoms with Crippen LogP contribution in [0.2, 0.25) is 0 Å². The van der Waals surface area contributed by atoms with E-state index < -0.39 is 0 Å². The summed E-state index contributed by atoms with van der Waals surface area (Å²) in [5, 5.41) is 0.434. The molecule has 0 aromatic heterocycles. The molecule has 0 aliphatic heterocycles. The molecule has 0 aliphatic rings. The minimum Gasteiger partial charge on any atom is -0.175 e. The quantitative estimate of drug-likeness (QED) is 0.565. The number of hydrogen-bond donors (Lipinski definition) is 0. The Hall–Kier alpha value is 0.480. The Labute approximate surface area is 103 Å². The lowest BCUT2D eigenvalue weighted by atomic mass is 9.94. The first-order chi connectivity index (χ1) is 6.91. The van der Waals surface area contributed by atoms with Crippen LogP contribution >= 0.6 is 11.8 Å². The first kappa shape index (κ1) is 15.5. The first-order valence-electron chi connectivity index (χ1n) is 6.08. The summed E-state index contributed by atoms with van der Waals surface area (Å²) < 4.78 is 0. The van der Waals surface area contributed by atoms with Gasteiger partial charge in [-0.15, -0.1) is 0 Å². The molecule has 3 heteroatoms. The fraction of sp³-hybridized carbons (Fsp3) is 1.00. The Morgan fingerprint density at radius 2 is 1.07 bits per heavy atom. The zero-order chi connectivity index (χ0) is 11.8. The second-order valence-corrected chi connectivity index (χ2v) is 6.64. The van der Waals surface area contributed by atoms with Gasteiger partial charge in [-0.2, -0.15) is 11.8 Å². The monoisotopic (exact) mass is 222 g/mol. The van der Waals surface area contributed by atoms with Crippen molar-refractivity contribution >= 4 is 27.5 Å². The van der Waals surface area contributed by atoms with Crippen LogP contribution in [0.3, 0.4) is 0 Å². The summed E-state index contributed by atoms with van der Waals surface area (Å²) in [5.74, 6) is 1.48. The van der Waals surface area contributed by atoms with Gasteiger partial charge < -0.3 is 0 Å². The van der Waals surface area contributed by atoms with Crippen LogP contribution < -0.4 is 0 Å². The van der Waals surface area contributed by atoms with E-state index in [1.165, 1.54) is 12.8 Å². The van der Waals surface area contributed by atoms with Gasteiger partial charge in [0.15, 0.2) is 0 Å². The van der Waals surface area contributed by atoms with Crippen LogP contribution in [0.4, 0.5) is 0 Å². The Balaban J connectivity index is 3.52. The normalized spacial score (nSPS) is 15.9. The van der Waals surface area contributed by atoms with Gasteiger partial charge in [0.1, 0.15) is 0 Å². The summed E-state index contributed by atoms with van der Waals surface area (Å²) in [6, 6.07) is 0. The molecule has 0 fully saturated rings. The minimum atomic E-state index is 0.217. The third kappa shape index (κ3) is 10.8. The molecular weight excluding hydrogens is 198 g/mol. The second kappa shape index (κ2) is 8.61. The lowest BCUT2D eigenvalue weighted by Crippen LogP contribution is -2.13. The van der Waals surface area contributed by atoms with Crippen LogP contribution in [0.15, 0.2) is 0 Å². The fourth-order valence-corrected chi connectivity index (χ4v) is 2.35. The number of hydrogen-bond acceptors (Lipinski definition) is 1. The molecular formula is C12H24B2S. The maximum atomic E-state index is 6.01. The molecule has 4 radical (unpaired) electrons. The second-order valence-electron chi connectivity index (χ2n) is 5.16. The molecule has 0 aromatic rings. The summed E-state index contributed by atoms with van der Waals surface area (Å²) >= 11 is 1.74. The average Bonchev–Trinajstić information content (AvgIpc) is 2.11. The van der Waals surface area contributed by atoms with Gasteiger partial charge >= 0.3 is 0 Å². The maximum absolute atomic E-state index is 6.01. The van der Waals surface area contributed by atoms with Crippen molar-refractivity contribution in [3.05, 3.63) is 0 Å². The largest absolute Gasteiger partial charge is 0.175 e. The van der Waals surface area contributed by atoms with E-state index in [1.54, 1.807) is 11.8 Å². The molecule has 0 amide bonds. The molecule has 0 heterocycles. The first-order valence-corrected chi connectivity index (χ1v) is 7.02. The third-order valence-electron chi connectivity index (χ3n) is 2.41. The molecule has 2 unspecified atom stereocenters. The van der Waals surface area contributed by atoms with Crippen molar-refractivity contribution in [3.8, 4) is 0 Å². The van der Waals surface area contributed by atoms with Gasteiger partial charge in [-0.3, -0.25) is 0 Å². The molecule has 2 atom stereocenters. The fourth-order valence-electron chi connectivity index (χ4n) is 1.36. The van der Waals surface area contributed by atoms with E-state index in [1.807, 2.05) is 0 Å². The summed E-state index contributed by atoms with van der Waals surface area (Å²) in [6.45, 7) is 8.93. The van der Waals surface area contributed by atoms with Gasteiger partial charge in [-0.05, 0) is 35.0 Å². The van der Waals surface area contributed by atoms with E-state index in [2.05, 4.69) is 27.7 Å². The van der Waals surface area contributed by atoms with Gasteiger partial charge in [-0.25, -0.2) is 0 Å². The highest BCUT2D eigenvalue weighted by molar-refractivity contribution is 8.02. The smallest absolute Gasteiger partial charge is 0.0846 e. The van der Waals surface area contributed by atoms with Crippen molar-refractivity contribution in [2.24, 2.45) is 11.8 Å². The van der Waals surface area contributed by atoms with Crippen molar-refractivity contribution < 1.29 is 0 Å². The Bertz CT molecular complexity index is 133. The number of thioether (sulfide) groups is 1. The predicted molar refractivity (Wildman–Crippen MR) is 74.8 cm³/mol. The van der Waals surface area contributed by atoms with E-state index in [0.717, 1.165) is 24.7 Å². The lowest BCUT2D eigenvalue weighted by molar-refractivity contribution is 0.566. The van der Waals surface area contributed by atoms with Gasteiger partial charge in [0, 0.05) is 0 Å². The van der Waals surface area contributed by atoms with Crippen LogP contribution in [-0.2, 0) is 0 Å². The van der Waals surface area contributed by atoms with Crippen molar-refractivity contribution in [1.29, 1.82) is 0 Å². The summed E-state index contributed by atoms with van der Waals surface area (Å²) in [7, 11) is 12.0. The van der Waals surface area contributed by atoms with E-state index >= 15 is 0 Å². The highest BCUT2D eigenvalue weighted by atomic mass is 32.2. The van der Waals surface area contributed by atoms with Crippen LogP contribution in [0.1, 0.15) is 53.4 Å². The average molecular weight is 222 g/mol. The van der Waals surface area contributed by atoms with Crippen LogP contribution in [-0.4, -0.2) is 26.0 Å². The minimum absolute atomic E-state index is 0.217. The highest BCUT2D eigenvalue weighted by Crippen LogP contribution is 2.23. The van der Waals surface area contributed by atoms with Gasteiger partial charge in [0.2, 0.25) is 0 Å². The van der Waals surface area contributed by atoms with Crippen LogP contribution in [0.5, 0.6) is 0 Å². The van der Waals surface area contributed by atoms with Crippen molar-refractivity contribution in [2.75, 3.05) is 0 Å². The van der Waals surface area contributed by atoms with Gasteiger partial charge in [0.05, 0.1) is 15.7 Å². The Kier molecular flexibility index (Phi) is 8.89. The predicted octanol–water partition coefficient (Wildman–Crippen LogP) is 3.58. The molecule has 84 valence electrons. The zero-order valence-electron chi connectivity index (χ0n) is 10.7. The van der Waals surface area contributed by atoms with Crippen molar-refractivity contribution in [3.63, 3.8) is 0 Å². The highest BCUT2D eigenvalue weighted by Gasteiger charge is 2.09. The maximum Gasteiger partial charge on any atom is 0.0846 e. The SMILES string of the molecule is [B]C(CCC(C)C)SC([B])CCC(C)C. The number of rotatable bonds is 8.